The minimum absolute atomic E-state index is 0.118. The van der Waals surface area contributed by atoms with Crippen molar-refractivity contribution in [3.05, 3.63) is 63.3 Å². The van der Waals surface area contributed by atoms with Crippen molar-refractivity contribution < 1.29 is 4.39 Å². The van der Waals surface area contributed by atoms with E-state index in [1.165, 1.54) is 16.8 Å². The molecule has 0 aliphatic heterocycles. The predicted octanol–water partition coefficient (Wildman–Crippen LogP) is 5.05. The molecule has 108 valence electrons. The first-order valence-electron chi connectivity index (χ1n) is 6.66. The Bertz CT molecular complexity index is 739. The molecule has 1 heterocycles. The molecular weight excluding hydrogens is 351 g/mol. The second kappa shape index (κ2) is 6.22. The van der Waals surface area contributed by atoms with Gasteiger partial charge in [0, 0.05) is 17.1 Å². The number of aromatic nitrogens is 1. The molecule has 1 aromatic heterocycles. The molecule has 2 aromatic carbocycles. The minimum atomic E-state index is -0.232. The molecule has 0 aliphatic carbocycles. The van der Waals surface area contributed by atoms with Crippen molar-refractivity contribution in [2.24, 2.45) is 0 Å². The smallest absolute Gasteiger partial charge is 0.124 e. The summed E-state index contributed by atoms with van der Waals surface area (Å²) in [5.41, 5.74) is 2.08. The van der Waals surface area contributed by atoms with E-state index >= 15 is 0 Å². The van der Waals surface area contributed by atoms with Gasteiger partial charge in [0.15, 0.2) is 0 Å². The van der Waals surface area contributed by atoms with Gasteiger partial charge in [0.1, 0.15) is 10.8 Å². The maximum Gasteiger partial charge on any atom is 0.124 e. The SMILES string of the molecule is CC(NCc1nc2ccccc2s1)c1ccc(F)cc1Br. The highest BCUT2D eigenvalue weighted by Gasteiger charge is 2.11. The molecule has 2 nitrogen and oxygen atoms in total. The fraction of sp³-hybridized carbons (Fsp3) is 0.188. The number of fused-ring (bicyclic) bond motifs is 1. The molecule has 0 fully saturated rings. The molecule has 0 spiro atoms. The maximum absolute atomic E-state index is 13.1. The van der Waals surface area contributed by atoms with Crippen LogP contribution < -0.4 is 5.32 Å². The van der Waals surface area contributed by atoms with Crippen LogP contribution in [0.15, 0.2) is 46.9 Å². The van der Waals surface area contributed by atoms with Gasteiger partial charge in [-0.15, -0.1) is 11.3 Å². The van der Waals surface area contributed by atoms with Gasteiger partial charge in [0.25, 0.3) is 0 Å². The Morgan fingerprint density at radius 3 is 2.86 bits per heavy atom. The summed E-state index contributed by atoms with van der Waals surface area (Å²) < 4.78 is 15.1. The molecule has 5 heteroatoms. The van der Waals surface area contributed by atoms with E-state index in [4.69, 9.17) is 0 Å². The van der Waals surface area contributed by atoms with Crippen molar-refractivity contribution in [1.82, 2.24) is 10.3 Å². The van der Waals surface area contributed by atoms with Crippen LogP contribution in [0.1, 0.15) is 23.5 Å². The van der Waals surface area contributed by atoms with Crippen LogP contribution in [0.2, 0.25) is 0 Å². The normalized spacial score (nSPS) is 12.7. The molecule has 3 aromatic rings. The number of halogens is 2. The highest BCUT2D eigenvalue weighted by Crippen LogP contribution is 2.26. The lowest BCUT2D eigenvalue weighted by molar-refractivity contribution is 0.568. The quantitative estimate of drug-likeness (QED) is 0.700. The number of hydrogen-bond donors (Lipinski definition) is 1. The molecule has 3 rings (SSSR count). The third kappa shape index (κ3) is 3.31. The third-order valence-electron chi connectivity index (χ3n) is 3.33. The van der Waals surface area contributed by atoms with Crippen molar-refractivity contribution in [2.45, 2.75) is 19.5 Å². The van der Waals surface area contributed by atoms with Gasteiger partial charge in [0.05, 0.1) is 10.2 Å². The van der Waals surface area contributed by atoms with E-state index in [0.29, 0.717) is 6.54 Å². The van der Waals surface area contributed by atoms with Gasteiger partial charge in [0.2, 0.25) is 0 Å². The Labute approximate surface area is 135 Å². The zero-order valence-corrected chi connectivity index (χ0v) is 13.8. The second-order valence-corrected chi connectivity index (χ2v) is 6.81. The van der Waals surface area contributed by atoms with Gasteiger partial charge in [-0.2, -0.15) is 0 Å². The average Bonchev–Trinajstić information content (AvgIpc) is 2.87. The monoisotopic (exact) mass is 364 g/mol. The fourth-order valence-electron chi connectivity index (χ4n) is 2.20. The van der Waals surface area contributed by atoms with Crippen molar-refractivity contribution >= 4 is 37.5 Å². The molecule has 0 bridgehead atoms. The van der Waals surface area contributed by atoms with Crippen molar-refractivity contribution in [3.8, 4) is 0 Å². The molecule has 1 N–H and O–H groups in total. The molecule has 0 amide bonds. The topological polar surface area (TPSA) is 24.9 Å². The molecular formula is C16H14BrFN2S. The lowest BCUT2D eigenvalue weighted by atomic mass is 10.1. The average molecular weight is 365 g/mol. The molecule has 0 aliphatic rings. The molecule has 0 saturated heterocycles. The molecule has 0 radical (unpaired) electrons. The van der Waals surface area contributed by atoms with Gasteiger partial charge >= 0.3 is 0 Å². The van der Waals surface area contributed by atoms with Crippen LogP contribution in [0.25, 0.3) is 10.2 Å². The number of benzene rings is 2. The van der Waals surface area contributed by atoms with Gasteiger partial charge < -0.3 is 5.32 Å². The zero-order chi connectivity index (χ0) is 14.8. The van der Waals surface area contributed by atoms with E-state index in [-0.39, 0.29) is 11.9 Å². The number of hydrogen-bond acceptors (Lipinski definition) is 3. The summed E-state index contributed by atoms with van der Waals surface area (Å²) >= 11 is 5.10. The number of nitrogens with one attached hydrogen (secondary N) is 1. The first-order chi connectivity index (χ1) is 10.1. The van der Waals surface area contributed by atoms with Crippen LogP contribution in [-0.4, -0.2) is 4.98 Å². The first kappa shape index (κ1) is 14.6. The summed E-state index contributed by atoms with van der Waals surface area (Å²) in [4.78, 5) is 4.60. The van der Waals surface area contributed by atoms with E-state index in [2.05, 4.69) is 39.2 Å². The van der Waals surface area contributed by atoms with E-state index in [1.807, 2.05) is 18.2 Å². The van der Waals surface area contributed by atoms with Crippen molar-refractivity contribution in [1.29, 1.82) is 0 Å². The highest BCUT2D eigenvalue weighted by atomic mass is 79.9. The van der Waals surface area contributed by atoms with Crippen LogP contribution in [0.4, 0.5) is 4.39 Å². The Hall–Kier alpha value is -1.30. The summed E-state index contributed by atoms with van der Waals surface area (Å²) in [7, 11) is 0. The van der Waals surface area contributed by atoms with Crippen molar-refractivity contribution in [2.75, 3.05) is 0 Å². The summed E-state index contributed by atoms with van der Waals surface area (Å²) in [5.74, 6) is -0.232. The van der Waals surface area contributed by atoms with Crippen LogP contribution >= 0.6 is 27.3 Å². The summed E-state index contributed by atoms with van der Waals surface area (Å²) in [6, 6.07) is 13.0. The Morgan fingerprint density at radius 1 is 1.29 bits per heavy atom. The lowest BCUT2D eigenvalue weighted by Gasteiger charge is -2.15. The predicted molar refractivity (Wildman–Crippen MR) is 89.0 cm³/mol. The Balaban J connectivity index is 1.71. The molecule has 0 saturated carbocycles. The fourth-order valence-corrected chi connectivity index (χ4v) is 3.81. The third-order valence-corrected chi connectivity index (χ3v) is 5.05. The van der Waals surface area contributed by atoms with Crippen LogP contribution in [0.3, 0.4) is 0 Å². The van der Waals surface area contributed by atoms with E-state index in [9.17, 15) is 4.39 Å². The van der Waals surface area contributed by atoms with E-state index in [0.717, 1.165) is 20.6 Å². The van der Waals surface area contributed by atoms with Gasteiger partial charge in [-0.25, -0.2) is 9.37 Å². The zero-order valence-electron chi connectivity index (χ0n) is 11.4. The summed E-state index contributed by atoms with van der Waals surface area (Å²) in [6.45, 7) is 2.76. The summed E-state index contributed by atoms with van der Waals surface area (Å²) in [5, 5.41) is 4.49. The first-order valence-corrected chi connectivity index (χ1v) is 8.27. The second-order valence-electron chi connectivity index (χ2n) is 4.84. The maximum atomic E-state index is 13.1. The number of para-hydroxylation sites is 1. The molecule has 21 heavy (non-hydrogen) atoms. The van der Waals surface area contributed by atoms with Gasteiger partial charge in [-0.3, -0.25) is 0 Å². The van der Waals surface area contributed by atoms with Gasteiger partial charge in [-0.05, 0) is 36.8 Å². The van der Waals surface area contributed by atoms with E-state index in [1.54, 1.807) is 17.4 Å². The highest BCUT2D eigenvalue weighted by molar-refractivity contribution is 9.10. The lowest BCUT2D eigenvalue weighted by Crippen LogP contribution is -2.18. The van der Waals surface area contributed by atoms with Crippen LogP contribution in [0, 0.1) is 5.82 Å². The largest absolute Gasteiger partial charge is 0.304 e. The van der Waals surface area contributed by atoms with E-state index < -0.39 is 0 Å². The number of thiazole rings is 1. The standard InChI is InChI=1S/C16H14BrFN2S/c1-10(12-7-6-11(18)8-13(12)17)19-9-16-20-14-4-2-3-5-15(14)21-16/h2-8,10,19H,9H2,1H3. The Morgan fingerprint density at radius 2 is 2.10 bits per heavy atom. The molecule has 1 atom stereocenters. The van der Waals surface area contributed by atoms with Crippen LogP contribution in [0.5, 0.6) is 0 Å². The number of nitrogens with zero attached hydrogens (tertiary/aromatic N) is 1. The van der Waals surface area contributed by atoms with Crippen LogP contribution in [-0.2, 0) is 6.54 Å². The van der Waals surface area contributed by atoms with Crippen molar-refractivity contribution in [3.63, 3.8) is 0 Å². The van der Waals surface area contributed by atoms with Gasteiger partial charge in [-0.1, -0.05) is 34.1 Å². The number of rotatable bonds is 4. The Kier molecular flexibility index (Phi) is 4.33. The minimum Gasteiger partial charge on any atom is -0.304 e. The summed E-state index contributed by atoms with van der Waals surface area (Å²) in [6.07, 6.45) is 0. The molecule has 1 unspecified atom stereocenters.